The van der Waals surface area contributed by atoms with Gasteiger partial charge in [0.1, 0.15) is 0 Å². The van der Waals surface area contributed by atoms with E-state index < -0.39 is 20.7 Å². The summed E-state index contributed by atoms with van der Waals surface area (Å²) in [5.41, 5.74) is 2.46. The van der Waals surface area contributed by atoms with E-state index in [1.165, 1.54) is 6.07 Å². The number of hydrogen-bond acceptors (Lipinski definition) is 5. The zero-order chi connectivity index (χ0) is 17.7. The van der Waals surface area contributed by atoms with Crippen LogP contribution in [0.4, 0.5) is 5.69 Å². The highest BCUT2D eigenvalue weighted by Crippen LogP contribution is 2.23. The Kier molecular flexibility index (Phi) is 5.41. The summed E-state index contributed by atoms with van der Waals surface area (Å²) >= 11 is 0. The number of esters is 1. The summed E-state index contributed by atoms with van der Waals surface area (Å²) in [6, 6.07) is 13.7. The van der Waals surface area contributed by atoms with Gasteiger partial charge in [-0.3, -0.25) is 0 Å². The van der Waals surface area contributed by atoms with Crippen molar-refractivity contribution in [1.82, 2.24) is 0 Å². The monoisotopic (exact) mass is 345 g/mol. The Morgan fingerprint density at radius 2 is 1.71 bits per heavy atom. The van der Waals surface area contributed by atoms with Crippen LogP contribution >= 0.6 is 0 Å². The first-order valence-corrected chi connectivity index (χ1v) is 8.77. The van der Waals surface area contributed by atoms with Gasteiger partial charge in [-0.05, 0) is 49.2 Å². The van der Waals surface area contributed by atoms with Gasteiger partial charge in [0, 0.05) is 11.9 Å². The average Bonchev–Trinajstić information content (AvgIpc) is 2.57. The molecule has 0 bridgehead atoms. The highest BCUT2D eigenvalue weighted by Gasteiger charge is 2.28. The molecule has 0 fully saturated rings. The lowest BCUT2D eigenvalue weighted by molar-refractivity contribution is -0.135. The Morgan fingerprint density at radius 1 is 1.04 bits per heavy atom. The molecule has 0 aromatic heterocycles. The summed E-state index contributed by atoms with van der Waals surface area (Å²) in [7, 11) is -2.85. The number of benzene rings is 2. The lowest BCUT2D eigenvalue weighted by atomic mass is 10.1. The van der Waals surface area contributed by atoms with Gasteiger partial charge in [-0.2, -0.15) is 0 Å². The Hall–Kier alpha value is -2.60. The van der Waals surface area contributed by atoms with Gasteiger partial charge >= 0.3 is 5.97 Å². The zero-order valence-corrected chi connectivity index (χ0v) is 14.6. The summed E-state index contributed by atoms with van der Waals surface area (Å²) in [6.45, 7) is 3.71. The Labute approximate surface area is 141 Å². The number of ether oxygens (including phenoxy) is 1. The second-order valence-corrected chi connectivity index (χ2v) is 7.18. The maximum atomic E-state index is 12.8. The van der Waals surface area contributed by atoms with E-state index in [0.29, 0.717) is 5.69 Å². The molecule has 0 aliphatic rings. The molecule has 2 aromatic rings. The first-order chi connectivity index (χ1) is 11.4. The molecule has 0 saturated carbocycles. The van der Waals surface area contributed by atoms with Crippen LogP contribution in [-0.2, 0) is 19.4 Å². The third kappa shape index (κ3) is 3.83. The molecule has 2 rings (SSSR count). The maximum absolute atomic E-state index is 12.8. The number of para-hydroxylation sites is 1. The maximum Gasteiger partial charge on any atom is 0.351 e. The fourth-order valence-electron chi connectivity index (χ4n) is 2.04. The third-order valence-electron chi connectivity index (χ3n) is 3.61. The van der Waals surface area contributed by atoms with Crippen molar-refractivity contribution < 1.29 is 17.9 Å². The average molecular weight is 345 g/mol. The van der Waals surface area contributed by atoms with Crippen molar-refractivity contribution in [2.24, 2.45) is 0 Å². The van der Waals surface area contributed by atoms with Crippen LogP contribution in [0.25, 0.3) is 0 Å². The largest absolute Gasteiger partial charge is 0.465 e. The minimum absolute atomic E-state index is 0.0529. The first-order valence-electron chi connectivity index (χ1n) is 7.28. The number of carbonyl (C=O) groups excluding carboxylic acids is 1. The molecule has 0 radical (unpaired) electrons. The third-order valence-corrected chi connectivity index (χ3v) is 5.35. The smallest absolute Gasteiger partial charge is 0.351 e. The number of hydrogen-bond donors (Lipinski definition) is 1. The second kappa shape index (κ2) is 7.31. The molecule has 0 unspecified atom stereocenters. The number of anilines is 1. The minimum atomic E-state index is -4.00. The predicted octanol–water partition coefficient (Wildman–Crippen LogP) is 3.20. The first kappa shape index (κ1) is 17.7. The van der Waals surface area contributed by atoms with Crippen molar-refractivity contribution in [2.75, 3.05) is 12.4 Å². The molecule has 0 aliphatic carbocycles. The number of rotatable bonds is 5. The summed E-state index contributed by atoms with van der Waals surface area (Å²) in [6.07, 6.45) is 1.16. The van der Waals surface area contributed by atoms with Gasteiger partial charge in [-0.25, -0.2) is 13.2 Å². The van der Waals surface area contributed by atoms with E-state index in [1.54, 1.807) is 36.4 Å². The van der Waals surface area contributed by atoms with Crippen LogP contribution in [0.2, 0.25) is 0 Å². The normalized spacial score (nSPS) is 11.9. The fraction of sp³-hybridized carbons (Fsp3) is 0.167. The molecule has 0 saturated heterocycles. The summed E-state index contributed by atoms with van der Waals surface area (Å²) < 4.78 is 30.3. The van der Waals surface area contributed by atoms with E-state index in [0.717, 1.165) is 24.4 Å². The van der Waals surface area contributed by atoms with E-state index in [2.05, 4.69) is 10.1 Å². The Bertz CT molecular complexity index is 871. The van der Waals surface area contributed by atoms with Crippen LogP contribution in [0, 0.1) is 13.8 Å². The van der Waals surface area contributed by atoms with E-state index >= 15 is 0 Å². The Morgan fingerprint density at radius 3 is 2.29 bits per heavy atom. The molecule has 0 amide bonds. The molecule has 6 heteroatoms. The van der Waals surface area contributed by atoms with Crippen LogP contribution in [0.15, 0.2) is 64.5 Å². The van der Waals surface area contributed by atoms with Gasteiger partial charge in [-0.15, -0.1) is 0 Å². The van der Waals surface area contributed by atoms with Crippen LogP contribution in [0.1, 0.15) is 11.1 Å². The van der Waals surface area contributed by atoms with Gasteiger partial charge in [-0.1, -0.05) is 24.3 Å². The number of methoxy groups -OCH3 is 1. The molecule has 2 aromatic carbocycles. The molecule has 0 atom stereocenters. The van der Waals surface area contributed by atoms with Crippen molar-refractivity contribution >= 4 is 21.5 Å². The van der Waals surface area contributed by atoms with E-state index in [9.17, 15) is 13.2 Å². The summed E-state index contributed by atoms with van der Waals surface area (Å²) in [5, 5.41) is 2.82. The van der Waals surface area contributed by atoms with Gasteiger partial charge < -0.3 is 10.1 Å². The number of aryl methyl sites for hydroxylation is 2. The van der Waals surface area contributed by atoms with E-state index in [-0.39, 0.29) is 4.90 Å². The number of carbonyl (C=O) groups is 1. The van der Waals surface area contributed by atoms with E-state index in [4.69, 9.17) is 0 Å². The van der Waals surface area contributed by atoms with Crippen LogP contribution in [-0.4, -0.2) is 21.5 Å². The molecule has 0 spiro atoms. The molecule has 0 heterocycles. The van der Waals surface area contributed by atoms with Gasteiger partial charge in [0.05, 0.1) is 12.0 Å². The molecule has 1 N–H and O–H groups in total. The zero-order valence-electron chi connectivity index (χ0n) is 13.7. The molecular formula is C18H19NO4S. The topological polar surface area (TPSA) is 72.5 Å². The number of sulfone groups is 1. The van der Waals surface area contributed by atoms with Gasteiger partial charge in [0.2, 0.25) is 9.84 Å². The Balaban J connectivity index is 2.46. The van der Waals surface area contributed by atoms with Crippen molar-refractivity contribution in [3.63, 3.8) is 0 Å². The highest BCUT2D eigenvalue weighted by atomic mass is 32.2. The van der Waals surface area contributed by atoms with Crippen molar-refractivity contribution in [1.29, 1.82) is 0 Å². The molecule has 24 heavy (non-hydrogen) atoms. The van der Waals surface area contributed by atoms with Gasteiger partial charge in [0.15, 0.2) is 4.91 Å². The van der Waals surface area contributed by atoms with Crippen LogP contribution in [0.5, 0.6) is 0 Å². The molecule has 0 aliphatic heterocycles. The second-order valence-electron chi connectivity index (χ2n) is 5.26. The summed E-state index contributed by atoms with van der Waals surface area (Å²) in [5.74, 6) is -0.920. The van der Waals surface area contributed by atoms with Crippen LogP contribution < -0.4 is 5.32 Å². The van der Waals surface area contributed by atoms with E-state index in [1.807, 2.05) is 19.9 Å². The standard InChI is InChI=1S/C18H19NO4S/c1-13-9-10-16(11-14(13)2)24(21,22)17(18(20)23-3)12-19-15-7-5-4-6-8-15/h4-12,19H,1-3H3. The van der Waals surface area contributed by atoms with Gasteiger partial charge in [0.25, 0.3) is 0 Å². The lowest BCUT2D eigenvalue weighted by Crippen LogP contribution is -2.17. The van der Waals surface area contributed by atoms with Crippen molar-refractivity contribution in [3.05, 3.63) is 70.8 Å². The van der Waals surface area contributed by atoms with Crippen molar-refractivity contribution in [2.45, 2.75) is 18.7 Å². The molecule has 5 nitrogen and oxygen atoms in total. The quantitative estimate of drug-likeness (QED) is 0.665. The number of nitrogens with one attached hydrogen (secondary N) is 1. The molecular weight excluding hydrogens is 326 g/mol. The highest BCUT2D eigenvalue weighted by molar-refractivity contribution is 7.96. The van der Waals surface area contributed by atoms with Crippen LogP contribution in [0.3, 0.4) is 0 Å². The lowest BCUT2D eigenvalue weighted by Gasteiger charge is -2.10. The predicted molar refractivity (Wildman–Crippen MR) is 93.3 cm³/mol. The minimum Gasteiger partial charge on any atom is -0.465 e. The fourth-order valence-corrected chi connectivity index (χ4v) is 3.39. The van der Waals surface area contributed by atoms with Crippen molar-refractivity contribution in [3.8, 4) is 0 Å². The molecule has 126 valence electrons. The SMILES string of the molecule is COC(=O)C(=CNc1ccccc1)S(=O)(=O)c1ccc(C)c(C)c1. The summed E-state index contributed by atoms with van der Waals surface area (Å²) in [4.78, 5) is 11.6.